The number of phenolic OH excluding ortho intramolecular Hbond substituents is 1. The SMILES string of the molecule is NCCCCC(N)C(=O)NC(Cc1ccc(O)cc1)C(=O)N1CCCC1C(=O)NC(CS)C(=O)O. The number of hydrogen-bond donors (Lipinski definition) is 7. The molecule has 1 aliphatic rings. The molecule has 1 fully saturated rings. The molecule has 8 N–H and O–H groups in total. The quantitative estimate of drug-likeness (QED) is 0.135. The van der Waals surface area contributed by atoms with E-state index in [9.17, 15) is 29.4 Å². The number of aliphatic carboxylic acids is 1. The number of carboxylic acid groups (broad SMARTS) is 1. The summed E-state index contributed by atoms with van der Waals surface area (Å²) >= 11 is 3.96. The molecule has 4 atom stereocenters. The minimum Gasteiger partial charge on any atom is -0.508 e. The van der Waals surface area contributed by atoms with Crippen molar-refractivity contribution in [2.45, 2.75) is 62.7 Å². The van der Waals surface area contributed by atoms with Gasteiger partial charge in [0.1, 0.15) is 23.9 Å². The lowest BCUT2D eigenvalue weighted by Gasteiger charge is -2.30. The maximum atomic E-state index is 13.5. The van der Waals surface area contributed by atoms with E-state index >= 15 is 0 Å². The van der Waals surface area contributed by atoms with Gasteiger partial charge in [0.05, 0.1) is 6.04 Å². The van der Waals surface area contributed by atoms with Gasteiger partial charge in [0, 0.05) is 18.7 Å². The Bertz CT molecular complexity index is 884. The van der Waals surface area contributed by atoms with Crippen LogP contribution in [0.4, 0.5) is 0 Å². The van der Waals surface area contributed by atoms with Gasteiger partial charge >= 0.3 is 5.97 Å². The van der Waals surface area contributed by atoms with Gasteiger partial charge in [0.25, 0.3) is 0 Å². The average Bonchev–Trinajstić information content (AvgIpc) is 3.32. The number of amides is 3. The minimum absolute atomic E-state index is 0.0658. The first-order valence-electron chi connectivity index (χ1n) is 11.7. The molecule has 0 radical (unpaired) electrons. The van der Waals surface area contributed by atoms with Gasteiger partial charge in [-0.3, -0.25) is 14.4 Å². The number of carbonyl (C=O) groups excluding carboxylic acids is 3. The summed E-state index contributed by atoms with van der Waals surface area (Å²) in [6, 6.07) is 2.38. The van der Waals surface area contributed by atoms with Crippen LogP contribution >= 0.6 is 12.6 Å². The molecule has 0 aromatic heterocycles. The molecule has 0 spiro atoms. The van der Waals surface area contributed by atoms with E-state index in [1.165, 1.54) is 17.0 Å². The van der Waals surface area contributed by atoms with E-state index in [2.05, 4.69) is 23.3 Å². The van der Waals surface area contributed by atoms with Gasteiger partial charge < -0.3 is 37.2 Å². The summed E-state index contributed by atoms with van der Waals surface area (Å²) in [4.78, 5) is 51.7. The monoisotopic (exact) mass is 509 g/mol. The van der Waals surface area contributed by atoms with Crippen molar-refractivity contribution in [1.29, 1.82) is 0 Å². The van der Waals surface area contributed by atoms with Crippen LogP contribution in [-0.4, -0.2) is 81.8 Å². The molecule has 35 heavy (non-hydrogen) atoms. The summed E-state index contributed by atoms with van der Waals surface area (Å²) in [6.45, 7) is 0.782. The molecule has 0 aliphatic carbocycles. The fraction of sp³-hybridized carbons (Fsp3) is 0.565. The Kier molecular flexibility index (Phi) is 11.3. The summed E-state index contributed by atoms with van der Waals surface area (Å²) in [5, 5.41) is 23.9. The van der Waals surface area contributed by atoms with Crippen LogP contribution in [0.15, 0.2) is 24.3 Å². The van der Waals surface area contributed by atoms with Crippen molar-refractivity contribution in [3.05, 3.63) is 29.8 Å². The molecule has 1 aromatic carbocycles. The first-order valence-corrected chi connectivity index (χ1v) is 12.3. The Hall–Kier alpha value is -2.83. The molecule has 1 aromatic rings. The number of nitrogens with zero attached hydrogens (tertiary/aromatic N) is 1. The number of unbranched alkanes of at least 4 members (excludes halogenated alkanes) is 1. The zero-order chi connectivity index (χ0) is 26.0. The van der Waals surface area contributed by atoms with Crippen LogP contribution in [0.3, 0.4) is 0 Å². The molecule has 11 nitrogen and oxygen atoms in total. The van der Waals surface area contributed by atoms with Crippen LogP contribution in [0.5, 0.6) is 5.75 Å². The fourth-order valence-corrected chi connectivity index (χ4v) is 4.19. The maximum absolute atomic E-state index is 13.5. The van der Waals surface area contributed by atoms with E-state index in [0.29, 0.717) is 44.3 Å². The number of hydrogen-bond acceptors (Lipinski definition) is 8. The zero-order valence-corrected chi connectivity index (χ0v) is 20.5. The normalized spacial score (nSPS) is 17.9. The van der Waals surface area contributed by atoms with Crippen molar-refractivity contribution in [2.24, 2.45) is 11.5 Å². The van der Waals surface area contributed by atoms with Crippen molar-refractivity contribution in [2.75, 3.05) is 18.8 Å². The number of benzene rings is 1. The topological polar surface area (TPSA) is 188 Å². The summed E-state index contributed by atoms with van der Waals surface area (Å²) < 4.78 is 0. The number of nitrogens with one attached hydrogen (secondary N) is 2. The Labute approximate surface area is 210 Å². The second-order valence-corrected chi connectivity index (χ2v) is 8.96. The third-order valence-electron chi connectivity index (χ3n) is 5.93. The summed E-state index contributed by atoms with van der Waals surface area (Å²) in [5.41, 5.74) is 12.2. The summed E-state index contributed by atoms with van der Waals surface area (Å²) in [5.74, 6) is -2.77. The molecule has 1 heterocycles. The van der Waals surface area contributed by atoms with Gasteiger partial charge in [0.2, 0.25) is 17.7 Å². The molecule has 12 heteroatoms. The van der Waals surface area contributed by atoms with Crippen LogP contribution < -0.4 is 22.1 Å². The van der Waals surface area contributed by atoms with E-state index in [4.69, 9.17) is 11.5 Å². The van der Waals surface area contributed by atoms with Crippen LogP contribution in [0.2, 0.25) is 0 Å². The Morgan fingerprint density at radius 1 is 1.11 bits per heavy atom. The molecule has 1 aliphatic heterocycles. The number of thiol groups is 1. The van der Waals surface area contributed by atoms with Crippen molar-refractivity contribution in [1.82, 2.24) is 15.5 Å². The Balaban J connectivity index is 2.19. The number of aromatic hydroxyl groups is 1. The predicted octanol–water partition coefficient (Wildman–Crippen LogP) is -0.634. The maximum Gasteiger partial charge on any atom is 0.327 e. The van der Waals surface area contributed by atoms with Gasteiger partial charge in [0.15, 0.2) is 0 Å². The van der Waals surface area contributed by atoms with Gasteiger partial charge in [-0.2, -0.15) is 12.6 Å². The fourth-order valence-electron chi connectivity index (χ4n) is 3.94. The molecule has 194 valence electrons. The van der Waals surface area contributed by atoms with Gasteiger partial charge in [-0.05, 0) is 49.9 Å². The van der Waals surface area contributed by atoms with Crippen LogP contribution in [0.25, 0.3) is 0 Å². The van der Waals surface area contributed by atoms with E-state index in [1.807, 2.05) is 0 Å². The van der Waals surface area contributed by atoms with Crippen LogP contribution in [0, 0.1) is 0 Å². The average molecular weight is 510 g/mol. The number of rotatable bonds is 13. The summed E-state index contributed by atoms with van der Waals surface area (Å²) in [7, 11) is 0. The lowest BCUT2D eigenvalue weighted by Crippen LogP contribution is -2.57. The number of phenols is 1. The first kappa shape index (κ1) is 28.4. The lowest BCUT2D eigenvalue weighted by atomic mass is 10.0. The number of carboxylic acids is 1. The van der Waals surface area contributed by atoms with Gasteiger partial charge in [-0.25, -0.2) is 4.79 Å². The molecule has 0 bridgehead atoms. The molecular weight excluding hydrogens is 474 g/mol. The third-order valence-corrected chi connectivity index (χ3v) is 6.30. The lowest BCUT2D eigenvalue weighted by molar-refractivity contribution is -0.144. The van der Waals surface area contributed by atoms with Crippen LogP contribution in [0.1, 0.15) is 37.7 Å². The molecule has 4 unspecified atom stereocenters. The Morgan fingerprint density at radius 3 is 2.40 bits per heavy atom. The van der Waals surface area contributed by atoms with Crippen LogP contribution in [-0.2, 0) is 25.6 Å². The zero-order valence-electron chi connectivity index (χ0n) is 19.6. The number of carbonyl (C=O) groups is 4. The van der Waals surface area contributed by atoms with E-state index in [0.717, 1.165) is 6.42 Å². The molecule has 3 amide bonds. The predicted molar refractivity (Wildman–Crippen MR) is 133 cm³/mol. The highest BCUT2D eigenvalue weighted by atomic mass is 32.1. The highest BCUT2D eigenvalue weighted by molar-refractivity contribution is 7.80. The molecule has 2 rings (SSSR count). The second-order valence-electron chi connectivity index (χ2n) is 8.59. The number of likely N-dealkylation sites (tertiary alicyclic amines) is 1. The van der Waals surface area contributed by atoms with Crippen molar-refractivity contribution < 1.29 is 29.4 Å². The van der Waals surface area contributed by atoms with E-state index in [1.54, 1.807) is 12.1 Å². The van der Waals surface area contributed by atoms with E-state index < -0.39 is 47.9 Å². The standard InChI is InChI=1S/C23H35N5O6S/c24-10-2-1-4-16(25)20(30)26-17(12-14-6-8-15(29)9-7-14)22(32)28-11-3-5-19(28)21(31)27-18(13-35)23(33)34/h6-9,16-19,29,35H,1-5,10-13,24-25H2,(H,26,30)(H,27,31)(H,33,34). The van der Waals surface area contributed by atoms with Crippen molar-refractivity contribution in [3.63, 3.8) is 0 Å². The molecular formula is C23H35N5O6S. The van der Waals surface area contributed by atoms with Crippen molar-refractivity contribution >= 4 is 36.3 Å². The van der Waals surface area contributed by atoms with Gasteiger partial charge in [-0.15, -0.1) is 0 Å². The molecule has 0 saturated carbocycles. The first-order chi connectivity index (χ1) is 16.7. The number of nitrogens with two attached hydrogens (primary N) is 2. The largest absolute Gasteiger partial charge is 0.508 e. The van der Waals surface area contributed by atoms with Crippen molar-refractivity contribution in [3.8, 4) is 5.75 Å². The smallest absolute Gasteiger partial charge is 0.327 e. The Morgan fingerprint density at radius 2 is 1.80 bits per heavy atom. The second kappa shape index (κ2) is 13.9. The summed E-state index contributed by atoms with van der Waals surface area (Å²) in [6.07, 6.45) is 2.87. The van der Waals surface area contributed by atoms with E-state index in [-0.39, 0.29) is 17.9 Å². The van der Waals surface area contributed by atoms with Gasteiger partial charge in [-0.1, -0.05) is 18.6 Å². The molecule has 1 saturated heterocycles. The highest BCUT2D eigenvalue weighted by Gasteiger charge is 2.39. The minimum atomic E-state index is -1.22. The highest BCUT2D eigenvalue weighted by Crippen LogP contribution is 2.21. The third kappa shape index (κ3) is 8.41.